The number of thiophene rings is 1. The number of benzene rings is 1. The Morgan fingerprint density at radius 2 is 2.00 bits per heavy atom. The molecular weight excluding hydrogens is 400 g/mol. The third kappa shape index (κ3) is 5.14. The van der Waals surface area contributed by atoms with Gasteiger partial charge in [-0.05, 0) is 26.5 Å². The van der Waals surface area contributed by atoms with Gasteiger partial charge in [0.05, 0.1) is 19.3 Å². The third-order valence-corrected chi connectivity index (χ3v) is 5.52. The van der Waals surface area contributed by atoms with Crippen LogP contribution in [0.15, 0.2) is 42.7 Å². The maximum atomic E-state index is 12.7. The predicted molar refractivity (Wildman–Crippen MR) is 119 cm³/mol. The van der Waals surface area contributed by atoms with Crippen LogP contribution >= 0.6 is 11.3 Å². The van der Waals surface area contributed by atoms with Gasteiger partial charge in [0.25, 0.3) is 0 Å². The fourth-order valence-corrected chi connectivity index (χ4v) is 4.40. The number of hydrogen-bond donors (Lipinski definition) is 1. The maximum Gasteiger partial charge on any atom is 0.341 e. The van der Waals surface area contributed by atoms with Gasteiger partial charge in [-0.1, -0.05) is 30.3 Å². The molecule has 1 amide bonds. The van der Waals surface area contributed by atoms with Gasteiger partial charge in [-0.15, -0.1) is 11.3 Å². The van der Waals surface area contributed by atoms with Crippen molar-refractivity contribution in [3.8, 4) is 11.1 Å². The first kappa shape index (κ1) is 21.7. The largest absolute Gasteiger partial charge is 0.462 e. The zero-order chi connectivity index (χ0) is 21.7. The molecule has 0 bridgehead atoms. The number of nitrogens with one attached hydrogen (secondary N) is 1. The van der Waals surface area contributed by atoms with E-state index in [4.69, 9.17) is 4.74 Å². The molecule has 1 aromatic carbocycles. The Kier molecular flexibility index (Phi) is 7.02. The van der Waals surface area contributed by atoms with Crippen LogP contribution in [0.4, 0.5) is 5.00 Å². The van der Waals surface area contributed by atoms with Gasteiger partial charge in [-0.2, -0.15) is 5.10 Å². The maximum absolute atomic E-state index is 12.7. The van der Waals surface area contributed by atoms with E-state index < -0.39 is 5.97 Å². The molecule has 30 heavy (non-hydrogen) atoms. The van der Waals surface area contributed by atoms with Gasteiger partial charge in [0.15, 0.2) is 0 Å². The zero-order valence-corrected chi connectivity index (χ0v) is 18.5. The smallest absolute Gasteiger partial charge is 0.341 e. The fourth-order valence-electron chi connectivity index (χ4n) is 3.32. The predicted octanol–water partition coefficient (Wildman–Crippen LogP) is 3.70. The van der Waals surface area contributed by atoms with Crippen molar-refractivity contribution < 1.29 is 14.3 Å². The lowest BCUT2D eigenvalue weighted by Crippen LogP contribution is -2.30. The van der Waals surface area contributed by atoms with E-state index in [0.29, 0.717) is 17.1 Å². The summed E-state index contributed by atoms with van der Waals surface area (Å²) in [6.07, 6.45) is 3.70. The summed E-state index contributed by atoms with van der Waals surface area (Å²) >= 11 is 1.39. The molecule has 0 unspecified atom stereocenters. The molecule has 0 atom stereocenters. The number of anilines is 1. The van der Waals surface area contributed by atoms with Crippen molar-refractivity contribution in [2.75, 3.05) is 25.5 Å². The van der Waals surface area contributed by atoms with Crippen LogP contribution in [0.25, 0.3) is 11.1 Å². The second-order valence-electron chi connectivity index (χ2n) is 7.07. The molecule has 0 radical (unpaired) electrons. The van der Waals surface area contributed by atoms with E-state index in [1.54, 1.807) is 17.8 Å². The van der Waals surface area contributed by atoms with Crippen molar-refractivity contribution in [1.82, 2.24) is 14.7 Å². The van der Waals surface area contributed by atoms with Gasteiger partial charge in [-0.25, -0.2) is 4.79 Å². The molecule has 158 valence electrons. The van der Waals surface area contributed by atoms with E-state index in [0.717, 1.165) is 21.6 Å². The molecule has 1 N–H and O–H groups in total. The van der Waals surface area contributed by atoms with Crippen molar-refractivity contribution in [2.24, 2.45) is 7.05 Å². The Bertz CT molecular complexity index is 1030. The second kappa shape index (κ2) is 9.69. The zero-order valence-electron chi connectivity index (χ0n) is 17.6. The van der Waals surface area contributed by atoms with Crippen LogP contribution in [0, 0.1) is 6.92 Å². The number of aryl methyl sites for hydroxylation is 2. The highest BCUT2D eigenvalue weighted by molar-refractivity contribution is 7.17. The molecule has 0 fully saturated rings. The van der Waals surface area contributed by atoms with Crippen LogP contribution in [0.5, 0.6) is 0 Å². The Balaban J connectivity index is 1.80. The topological polar surface area (TPSA) is 76.5 Å². The number of rotatable bonds is 8. The quantitative estimate of drug-likeness (QED) is 0.556. The van der Waals surface area contributed by atoms with Crippen LogP contribution in [0.2, 0.25) is 0 Å². The van der Waals surface area contributed by atoms with Crippen LogP contribution < -0.4 is 5.32 Å². The lowest BCUT2D eigenvalue weighted by atomic mass is 10.0. The van der Waals surface area contributed by atoms with Crippen molar-refractivity contribution in [1.29, 1.82) is 0 Å². The highest BCUT2D eigenvalue weighted by Crippen LogP contribution is 2.40. The molecule has 0 aliphatic carbocycles. The van der Waals surface area contributed by atoms with Crippen LogP contribution in [0.1, 0.15) is 27.7 Å². The van der Waals surface area contributed by atoms with Gasteiger partial charge in [-0.3, -0.25) is 14.4 Å². The average Bonchev–Trinajstić information content (AvgIpc) is 3.24. The SMILES string of the molecule is CCOC(=O)c1c(NC(=O)CN(C)Cc2cnn(C)c2)sc(C)c1-c1ccccc1. The first-order chi connectivity index (χ1) is 14.4. The standard InChI is InChI=1S/C22H26N4O3S/c1-5-29-22(28)20-19(17-9-7-6-8-10-17)15(2)30-21(20)24-18(27)14-25(3)12-16-11-23-26(4)13-16/h6-11,13H,5,12,14H2,1-4H3,(H,24,27). The number of hydrogen-bond acceptors (Lipinski definition) is 6. The average molecular weight is 427 g/mol. The van der Waals surface area contributed by atoms with Gasteiger partial charge < -0.3 is 10.1 Å². The Labute approximate surface area is 180 Å². The first-order valence-corrected chi connectivity index (χ1v) is 10.5. The number of esters is 1. The van der Waals surface area contributed by atoms with E-state index in [1.165, 1.54) is 11.3 Å². The normalized spacial score (nSPS) is 11.0. The molecule has 8 heteroatoms. The number of ether oxygens (including phenoxy) is 1. The third-order valence-electron chi connectivity index (χ3n) is 4.50. The second-order valence-corrected chi connectivity index (χ2v) is 8.29. The number of likely N-dealkylation sites (N-methyl/N-ethyl adjacent to an activating group) is 1. The Hall–Kier alpha value is -2.97. The van der Waals surface area contributed by atoms with E-state index in [-0.39, 0.29) is 19.1 Å². The summed E-state index contributed by atoms with van der Waals surface area (Å²) in [6.45, 7) is 4.77. The molecule has 2 aromatic heterocycles. The molecule has 7 nitrogen and oxygen atoms in total. The molecule has 3 aromatic rings. The molecule has 0 saturated carbocycles. The minimum Gasteiger partial charge on any atom is -0.462 e. The van der Waals surface area contributed by atoms with E-state index >= 15 is 0 Å². The van der Waals surface area contributed by atoms with Crippen molar-refractivity contribution in [3.63, 3.8) is 0 Å². The molecule has 2 heterocycles. The van der Waals surface area contributed by atoms with Gasteiger partial charge in [0.1, 0.15) is 10.6 Å². The highest BCUT2D eigenvalue weighted by atomic mass is 32.1. The van der Waals surface area contributed by atoms with Crippen LogP contribution in [0.3, 0.4) is 0 Å². The summed E-state index contributed by atoms with van der Waals surface area (Å²) in [5, 5.41) is 7.58. The summed E-state index contributed by atoms with van der Waals surface area (Å²) in [6, 6.07) is 9.67. The molecule has 0 spiro atoms. The van der Waals surface area contributed by atoms with Gasteiger partial charge >= 0.3 is 5.97 Å². The van der Waals surface area contributed by atoms with E-state index in [9.17, 15) is 9.59 Å². The van der Waals surface area contributed by atoms with E-state index in [1.807, 2.05) is 62.4 Å². The lowest BCUT2D eigenvalue weighted by Gasteiger charge is -2.15. The minimum atomic E-state index is -0.431. The summed E-state index contributed by atoms with van der Waals surface area (Å²) < 4.78 is 7.02. The van der Waals surface area contributed by atoms with E-state index in [2.05, 4.69) is 10.4 Å². The number of aromatic nitrogens is 2. The summed E-state index contributed by atoms with van der Waals surface area (Å²) in [7, 11) is 3.73. The van der Waals surface area contributed by atoms with Crippen molar-refractivity contribution in [3.05, 3.63) is 58.7 Å². The van der Waals surface area contributed by atoms with Gasteiger partial charge in [0.2, 0.25) is 5.91 Å². The molecule has 0 saturated heterocycles. The first-order valence-electron chi connectivity index (χ1n) is 9.70. The number of nitrogens with zero attached hydrogens (tertiary/aromatic N) is 3. The molecular formula is C22H26N4O3S. The number of amides is 1. The van der Waals surface area contributed by atoms with Crippen molar-refractivity contribution >= 4 is 28.2 Å². The monoisotopic (exact) mass is 426 g/mol. The summed E-state index contributed by atoms with van der Waals surface area (Å²) in [4.78, 5) is 28.3. The highest BCUT2D eigenvalue weighted by Gasteiger charge is 2.25. The van der Waals surface area contributed by atoms with Gasteiger partial charge in [0, 0.05) is 35.8 Å². The van der Waals surface area contributed by atoms with Crippen molar-refractivity contribution in [2.45, 2.75) is 20.4 Å². The summed E-state index contributed by atoms with van der Waals surface area (Å²) in [5.74, 6) is -0.618. The van der Waals surface area contributed by atoms with Crippen LogP contribution in [-0.2, 0) is 23.1 Å². The fraction of sp³-hybridized carbons (Fsp3) is 0.318. The number of carbonyl (C=O) groups is 2. The molecule has 3 rings (SSSR count). The Morgan fingerprint density at radius 1 is 1.27 bits per heavy atom. The molecule has 0 aliphatic heterocycles. The lowest BCUT2D eigenvalue weighted by molar-refractivity contribution is -0.117. The number of carbonyl (C=O) groups excluding carboxylic acids is 2. The molecule has 0 aliphatic rings. The minimum absolute atomic E-state index is 0.187. The summed E-state index contributed by atoms with van der Waals surface area (Å²) in [5.41, 5.74) is 3.16. The Morgan fingerprint density at radius 3 is 2.63 bits per heavy atom. The van der Waals surface area contributed by atoms with Crippen LogP contribution in [-0.4, -0.2) is 46.8 Å².